The predicted molar refractivity (Wildman–Crippen MR) is 129 cm³/mol. The molecule has 3 rings (SSSR count). The number of benzene rings is 1. The van der Waals surface area contributed by atoms with Crippen molar-refractivity contribution < 1.29 is 18.7 Å². The summed E-state index contributed by atoms with van der Waals surface area (Å²) in [6, 6.07) is 3.93. The number of aliphatic imine (C=N–C) groups is 1. The molecule has 10 heteroatoms. The highest BCUT2D eigenvalue weighted by Gasteiger charge is 2.27. The van der Waals surface area contributed by atoms with Gasteiger partial charge in [-0.15, -0.1) is 0 Å². The Bertz CT molecular complexity index is 913. The second-order valence-electron chi connectivity index (χ2n) is 7.93. The van der Waals surface area contributed by atoms with Crippen LogP contribution in [-0.2, 0) is 4.79 Å². The van der Waals surface area contributed by atoms with E-state index in [9.17, 15) is 14.0 Å². The lowest BCUT2D eigenvalue weighted by Crippen LogP contribution is -2.45. The van der Waals surface area contributed by atoms with Crippen molar-refractivity contribution in [3.63, 3.8) is 0 Å². The average Bonchev–Trinajstić information content (AvgIpc) is 3.19. The standard InChI is InChI=1S/C23H32FN5O3S/c1-4-28(5-2)13-8-12-27(3)23(31)32-19-16-18(24)10-9-17(19)15-20-21(30)26-22(33-20)29-14-7-6-11-25-29/h9-10,15-16,25H,4-8,11-14H2,1-3H3. The molecule has 0 saturated carbocycles. The third kappa shape index (κ3) is 7.02. The number of hydrazine groups is 1. The molecule has 180 valence electrons. The lowest BCUT2D eigenvalue weighted by atomic mass is 10.2. The Morgan fingerprint density at radius 2 is 2.09 bits per heavy atom. The van der Waals surface area contributed by atoms with E-state index in [4.69, 9.17) is 4.74 Å². The molecule has 2 aliphatic rings. The molecule has 1 saturated heterocycles. The molecule has 2 amide bonds. The molecule has 0 spiro atoms. The van der Waals surface area contributed by atoms with Crippen LogP contribution in [0.4, 0.5) is 9.18 Å². The Kier molecular flexibility index (Phi) is 9.28. The van der Waals surface area contributed by atoms with Crippen molar-refractivity contribution in [3.05, 3.63) is 34.5 Å². The number of halogens is 1. The number of ether oxygens (including phenoxy) is 1. The van der Waals surface area contributed by atoms with Crippen LogP contribution in [0.1, 0.15) is 38.7 Å². The van der Waals surface area contributed by atoms with Crippen molar-refractivity contribution in [3.8, 4) is 5.75 Å². The Labute approximate surface area is 198 Å². The maximum absolute atomic E-state index is 13.9. The van der Waals surface area contributed by atoms with E-state index in [1.165, 1.54) is 28.8 Å². The number of hydrogen-bond acceptors (Lipinski definition) is 7. The van der Waals surface area contributed by atoms with Gasteiger partial charge in [0.2, 0.25) is 0 Å². The first-order chi connectivity index (χ1) is 15.9. The summed E-state index contributed by atoms with van der Waals surface area (Å²) < 4.78 is 19.4. The third-order valence-corrected chi connectivity index (χ3v) is 6.59. The number of nitrogens with zero attached hydrogens (tertiary/aromatic N) is 4. The third-order valence-electron chi connectivity index (χ3n) is 5.58. The van der Waals surface area contributed by atoms with Gasteiger partial charge < -0.3 is 14.5 Å². The molecule has 0 aliphatic carbocycles. The van der Waals surface area contributed by atoms with Gasteiger partial charge in [-0.05, 0) is 68.9 Å². The summed E-state index contributed by atoms with van der Waals surface area (Å²) in [6.45, 7) is 9.16. The van der Waals surface area contributed by atoms with Gasteiger partial charge in [0.1, 0.15) is 11.6 Å². The number of amides is 2. The molecule has 1 fully saturated rings. The second-order valence-corrected chi connectivity index (χ2v) is 8.94. The Morgan fingerprint density at radius 1 is 1.30 bits per heavy atom. The Balaban J connectivity index is 1.65. The lowest BCUT2D eigenvalue weighted by Gasteiger charge is -2.28. The normalized spacial score (nSPS) is 17.6. The summed E-state index contributed by atoms with van der Waals surface area (Å²) >= 11 is 1.25. The molecule has 0 aromatic heterocycles. The zero-order chi connectivity index (χ0) is 23.8. The molecule has 1 aromatic rings. The number of rotatable bonds is 8. The molecule has 2 heterocycles. The topological polar surface area (TPSA) is 77.5 Å². The van der Waals surface area contributed by atoms with Crippen molar-refractivity contribution in [2.45, 2.75) is 33.1 Å². The average molecular weight is 478 g/mol. The fourth-order valence-electron chi connectivity index (χ4n) is 3.56. The van der Waals surface area contributed by atoms with Gasteiger partial charge in [0.15, 0.2) is 5.17 Å². The van der Waals surface area contributed by atoms with Crippen molar-refractivity contribution in [1.29, 1.82) is 0 Å². The first-order valence-electron chi connectivity index (χ1n) is 11.4. The van der Waals surface area contributed by atoms with Crippen molar-refractivity contribution in [1.82, 2.24) is 20.2 Å². The van der Waals surface area contributed by atoms with Crippen LogP contribution in [0.25, 0.3) is 6.08 Å². The summed E-state index contributed by atoms with van der Waals surface area (Å²) in [5.74, 6) is -0.817. The molecule has 8 nitrogen and oxygen atoms in total. The molecule has 0 atom stereocenters. The molecule has 0 radical (unpaired) electrons. The fourth-order valence-corrected chi connectivity index (χ4v) is 4.47. The van der Waals surface area contributed by atoms with Gasteiger partial charge >= 0.3 is 6.09 Å². The number of amidine groups is 1. The largest absolute Gasteiger partial charge is 0.414 e. The minimum absolute atomic E-state index is 0.0704. The Morgan fingerprint density at radius 3 is 2.79 bits per heavy atom. The molecule has 0 bridgehead atoms. The fraction of sp³-hybridized carbons (Fsp3) is 0.522. The van der Waals surface area contributed by atoms with Crippen LogP contribution in [0.15, 0.2) is 28.1 Å². The van der Waals surface area contributed by atoms with E-state index >= 15 is 0 Å². The van der Waals surface area contributed by atoms with Gasteiger partial charge in [-0.3, -0.25) is 9.80 Å². The van der Waals surface area contributed by atoms with Crippen molar-refractivity contribution >= 4 is 35.0 Å². The summed E-state index contributed by atoms with van der Waals surface area (Å²) in [5, 5.41) is 2.48. The maximum atomic E-state index is 13.9. The van der Waals surface area contributed by atoms with Gasteiger partial charge in [0.05, 0.1) is 4.91 Å². The van der Waals surface area contributed by atoms with E-state index < -0.39 is 11.9 Å². The molecule has 33 heavy (non-hydrogen) atoms. The van der Waals surface area contributed by atoms with E-state index in [2.05, 4.69) is 29.2 Å². The predicted octanol–water partition coefficient (Wildman–Crippen LogP) is 3.56. The first-order valence-corrected chi connectivity index (χ1v) is 12.2. The van der Waals surface area contributed by atoms with Gasteiger partial charge in [-0.25, -0.2) is 14.6 Å². The van der Waals surface area contributed by atoms with Gasteiger partial charge in [-0.2, -0.15) is 4.99 Å². The minimum atomic E-state index is -0.570. The highest BCUT2D eigenvalue weighted by molar-refractivity contribution is 8.18. The Hall–Kier alpha value is -2.43. The van der Waals surface area contributed by atoms with Crippen LogP contribution in [0.3, 0.4) is 0 Å². The van der Waals surface area contributed by atoms with Crippen molar-refractivity contribution in [2.75, 3.05) is 46.3 Å². The van der Waals surface area contributed by atoms with Crippen LogP contribution >= 0.6 is 11.8 Å². The van der Waals surface area contributed by atoms with Gasteiger partial charge in [0, 0.05) is 38.3 Å². The molecule has 1 aromatic carbocycles. The summed E-state index contributed by atoms with van der Waals surface area (Å²) in [6.07, 6.45) is 3.94. The number of carbonyl (C=O) groups excluding carboxylic acids is 2. The SMILES string of the molecule is CCN(CC)CCCN(C)C(=O)Oc1cc(F)ccc1C=C1SC(N2CCCCN2)=NC1=O. The molecule has 0 unspecified atom stereocenters. The maximum Gasteiger partial charge on any atom is 0.414 e. The number of carbonyl (C=O) groups is 2. The summed E-state index contributed by atoms with van der Waals surface area (Å²) in [4.78, 5) is 33.3. The van der Waals surface area contributed by atoms with E-state index in [1.54, 1.807) is 13.1 Å². The zero-order valence-electron chi connectivity index (χ0n) is 19.5. The lowest BCUT2D eigenvalue weighted by molar-refractivity contribution is -0.113. The van der Waals surface area contributed by atoms with Crippen LogP contribution in [0.5, 0.6) is 5.75 Å². The molecular weight excluding hydrogens is 445 g/mol. The molecule has 1 N–H and O–H groups in total. The quantitative estimate of drug-likeness (QED) is 0.574. The highest BCUT2D eigenvalue weighted by atomic mass is 32.2. The van der Waals surface area contributed by atoms with Crippen molar-refractivity contribution in [2.24, 2.45) is 4.99 Å². The number of nitrogens with one attached hydrogen (secondary N) is 1. The smallest absolute Gasteiger partial charge is 0.409 e. The van der Waals surface area contributed by atoms with E-state index in [-0.39, 0.29) is 11.7 Å². The summed E-state index contributed by atoms with van der Waals surface area (Å²) in [5.41, 5.74) is 3.67. The van der Waals surface area contributed by atoms with Gasteiger partial charge in [-0.1, -0.05) is 13.8 Å². The number of thioether (sulfide) groups is 1. The van der Waals surface area contributed by atoms with Crippen LogP contribution in [-0.4, -0.2) is 78.3 Å². The van der Waals surface area contributed by atoms with E-state index in [1.807, 2.05) is 5.01 Å². The summed E-state index contributed by atoms with van der Waals surface area (Å²) in [7, 11) is 1.66. The zero-order valence-corrected chi connectivity index (χ0v) is 20.3. The highest BCUT2D eigenvalue weighted by Crippen LogP contribution is 2.33. The minimum Gasteiger partial charge on any atom is -0.409 e. The second kappa shape index (κ2) is 12.2. The van der Waals surface area contributed by atoms with E-state index in [0.29, 0.717) is 22.2 Å². The van der Waals surface area contributed by atoms with Crippen LogP contribution in [0, 0.1) is 5.82 Å². The number of hydrogen-bond donors (Lipinski definition) is 1. The van der Waals surface area contributed by atoms with E-state index in [0.717, 1.165) is 58.1 Å². The van der Waals surface area contributed by atoms with Gasteiger partial charge in [0.25, 0.3) is 5.91 Å². The molecular formula is C23H32FN5O3S. The monoisotopic (exact) mass is 477 g/mol. The van der Waals surface area contributed by atoms with Crippen LogP contribution < -0.4 is 10.2 Å². The van der Waals surface area contributed by atoms with Crippen LogP contribution in [0.2, 0.25) is 0 Å². The molecule has 2 aliphatic heterocycles. The first kappa shape index (κ1) is 25.2.